The van der Waals surface area contributed by atoms with Gasteiger partial charge in [0.1, 0.15) is 11.6 Å². The summed E-state index contributed by atoms with van der Waals surface area (Å²) in [6.07, 6.45) is 5.32. The van der Waals surface area contributed by atoms with Gasteiger partial charge in [-0.1, -0.05) is 18.2 Å². The molecular weight excluding hydrogens is 486 g/mol. The maximum Gasteiger partial charge on any atom is 0.260 e. The van der Waals surface area contributed by atoms with E-state index >= 15 is 0 Å². The first-order valence-electron chi connectivity index (χ1n) is 10.4. The fourth-order valence-corrected chi connectivity index (χ4v) is 4.70. The molecule has 9 nitrogen and oxygen atoms in total. The van der Waals surface area contributed by atoms with Gasteiger partial charge in [-0.3, -0.25) is 9.89 Å². The third-order valence-corrected chi connectivity index (χ3v) is 6.56. The van der Waals surface area contributed by atoms with E-state index in [0.29, 0.717) is 34.8 Å². The summed E-state index contributed by atoms with van der Waals surface area (Å²) in [6.45, 7) is 1.34. The standard InChI is InChI=1S/C23H18BrN7O2/c24-16-6-14(13-2-1-3-17-15(13)8-27-31-17)20(25)19-21(16)29-22(30-23(19)32)11-4-5-18(26-7-11)28-12-9-33-10-12/h1-8,12,14,25H,9-10H2,(H,26,28)(H,27,31)(H,29,30,32). The number of rotatable bonds is 4. The van der Waals surface area contributed by atoms with Crippen LogP contribution in [0.25, 0.3) is 26.8 Å². The highest BCUT2D eigenvalue weighted by Gasteiger charge is 2.30. The molecule has 1 unspecified atom stereocenters. The molecule has 10 heteroatoms. The Morgan fingerprint density at radius 3 is 2.82 bits per heavy atom. The number of H-pyrrole nitrogens is 2. The molecule has 164 valence electrons. The van der Waals surface area contributed by atoms with Crippen LogP contribution < -0.4 is 10.9 Å². The van der Waals surface area contributed by atoms with Crippen molar-refractivity contribution in [2.75, 3.05) is 18.5 Å². The Labute approximate surface area is 196 Å². The molecular formula is C23H18BrN7O2. The van der Waals surface area contributed by atoms with Gasteiger partial charge in [-0.05, 0) is 39.7 Å². The second-order valence-corrected chi connectivity index (χ2v) is 8.89. The van der Waals surface area contributed by atoms with Gasteiger partial charge in [0.25, 0.3) is 5.56 Å². The van der Waals surface area contributed by atoms with Crippen LogP contribution in [0.1, 0.15) is 22.7 Å². The number of halogens is 1. The number of allylic oxidation sites excluding steroid dienone is 1. The molecule has 0 saturated carbocycles. The Kier molecular flexibility index (Phi) is 4.70. The van der Waals surface area contributed by atoms with Crippen LogP contribution >= 0.6 is 15.9 Å². The minimum Gasteiger partial charge on any atom is -0.377 e. The molecule has 0 bridgehead atoms. The molecule has 1 aromatic carbocycles. The lowest BCUT2D eigenvalue weighted by Gasteiger charge is -2.27. The minimum absolute atomic E-state index is 0.197. The van der Waals surface area contributed by atoms with Crippen molar-refractivity contribution < 1.29 is 4.74 Å². The van der Waals surface area contributed by atoms with Crippen LogP contribution in [0.15, 0.2) is 53.6 Å². The van der Waals surface area contributed by atoms with Crippen molar-refractivity contribution in [3.05, 3.63) is 76.0 Å². The molecule has 1 atom stereocenters. The van der Waals surface area contributed by atoms with E-state index in [1.54, 1.807) is 12.4 Å². The number of hydrogen-bond donors (Lipinski definition) is 4. The average Bonchev–Trinajstić information content (AvgIpc) is 3.28. The van der Waals surface area contributed by atoms with Gasteiger partial charge in [0.05, 0.1) is 47.9 Å². The first kappa shape index (κ1) is 20.0. The van der Waals surface area contributed by atoms with E-state index in [4.69, 9.17) is 10.1 Å². The molecule has 2 aliphatic rings. The van der Waals surface area contributed by atoms with Gasteiger partial charge in [0.2, 0.25) is 0 Å². The highest BCUT2D eigenvalue weighted by atomic mass is 79.9. The molecule has 1 saturated heterocycles. The summed E-state index contributed by atoms with van der Waals surface area (Å²) in [6, 6.07) is 9.77. The average molecular weight is 504 g/mol. The van der Waals surface area contributed by atoms with E-state index in [9.17, 15) is 4.79 Å². The first-order chi connectivity index (χ1) is 16.1. The Morgan fingerprint density at radius 1 is 1.18 bits per heavy atom. The third kappa shape index (κ3) is 3.38. The van der Waals surface area contributed by atoms with E-state index in [1.807, 2.05) is 36.4 Å². The van der Waals surface area contributed by atoms with E-state index in [1.165, 1.54) is 0 Å². The number of aromatic amines is 2. The molecule has 3 aromatic heterocycles. The molecule has 6 rings (SSSR count). The van der Waals surface area contributed by atoms with Crippen LogP contribution in [0.3, 0.4) is 0 Å². The van der Waals surface area contributed by atoms with Crippen LogP contribution in [0.2, 0.25) is 0 Å². The van der Waals surface area contributed by atoms with Crippen LogP contribution in [-0.4, -0.2) is 50.1 Å². The SMILES string of the molecule is N=C1c2c(nc(-c3ccc(NC4COC4)nc3)[nH]c2=O)C(Br)=CC1c1cccc2[nH]ncc12. The zero-order valence-electron chi connectivity index (χ0n) is 17.2. The van der Waals surface area contributed by atoms with Crippen LogP contribution in [0.5, 0.6) is 0 Å². The first-order valence-corrected chi connectivity index (χ1v) is 11.2. The lowest BCUT2D eigenvalue weighted by atomic mass is 9.84. The van der Waals surface area contributed by atoms with E-state index < -0.39 is 5.92 Å². The quantitative estimate of drug-likeness (QED) is 0.337. The zero-order chi connectivity index (χ0) is 22.5. The summed E-state index contributed by atoms with van der Waals surface area (Å²) in [7, 11) is 0. The second-order valence-electron chi connectivity index (χ2n) is 8.03. The third-order valence-electron chi connectivity index (χ3n) is 5.92. The van der Waals surface area contributed by atoms with Crippen molar-refractivity contribution in [3.63, 3.8) is 0 Å². The molecule has 1 fully saturated rings. The number of nitrogens with one attached hydrogen (secondary N) is 4. The van der Waals surface area contributed by atoms with Crippen LogP contribution in [0.4, 0.5) is 5.82 Å². The predicted molar refractivity (Wildman–Crippen MR) is 129 cm³/mol. The molecule has 1 aliphatic carbocycles. The molecule has 0 amide bonds. The second kappa shape index (κ2) is 7.75. The number of aromatic nitrogens is 5. The topological polar surface area (TPSA) is 132 Å². The lowest BCUT2D eigenvalue weighted by Crippen LogP contribution is -2.40. The molecule has 4 aromatic rings. The number of fused-ring (bicyclic) bond motifs is 2. The normalized spacial score (nSPS) is 18.0. The van der Waals surface area contributed by atoms with Crippen LogP contribution in [0, 0.1) is 5.41 Å². The maximum absolute atomic E-state index is 13.1. The van der Waals surface area contributed by atoms with E-state index in [-0.39, 0.29) is 22.9 Å². The largest absolute Gasteiger partial charge is 0.377 e. The highest BCUT2D eigenvalue weighted by molar-refractivity contribution is 9.15. The zero-order valence-corrected chi connectivity index (χ0v) is 18.8. The minimum atomic E-state index is -0.399. The smallest absolute Gasteiger partial charge is 0.260 e. The Hall–Kier alpha value is -3.63. The monoisotopic (exact) mass is 503 g/mol. The summed E-state index contributed by atoms with van der Waals surface area (Å²) < 4.78 is 5.83. The number of anilines is 1. The Balaban J connectivity index is 1.37. The summed E-state index contributed by atoms with van der Waals surface area (Å²) in [4.78, 5) is 25.0. The van der Waals surface area contributed by atoms with Gasteiger partial charge in [-0.2, -0.15) is 5.10 Å². The summed E-state index contributed by atoms with van der Waals surface area (Å²) in [5.41, 5.74) is 3.01. The highest BCUT2D eigenvalue weighted by Crippen LogP contribution is 2.37. The fourth-order valence-electron chi connectivity index (χ4n) is 4.15. The maximum atomic E-state index is 13.1. The van der Waals surface area contributed by atoms with Crippen LogP contribution in [-0.2, 0) is 4.74 Å². The lowest BCUT2D eigenvalue weighted by molar-refractivity contribution is 0.0209. The van der Waals surface area contributed by atoms with Crippen molar-refractivity contribution >= 4 is 42.8 Å². The predicted octanol–water partition coefficient (Wildman–Crippen LogP) is 3.42. The molecule has 1 aliphatic heterocycles. The van der Waals surface area contributed by atoms with E-state index in [2.05, 4.69) is 46.4 Å². The molecule has 0 radical (unpaired) electrons. The summed E-state index contributed by atoms with van der Waals surface area (Å²) in [5.74, 6) is 0.745. The molecule has 4 heterocycles. The van der Waals surface area contributed by atoms with Gasteiger partial charge in [-0.25, -0.2) is 9.97 Å². The Morgan fingerprint density at radius 2 is 2.06 bits per heavy atom. The van der Waals surface area contributed by atoms with E-state index in [0.717, 1.165) is 22.3 Å². The fraction of sp³-hybridized carbons (Fsp3) is 0.174. The van der Waals surface area contributed by atoms with Gasteiger partial charge in [0, 0.05) is 27.5 Å². The van der Waals surface area contributed by atoms with Gasteiger partial charge >= 0.3 is 0 Å². The summed E-state index contributed by atoms with van der Waals surface area (Å²) >= 11 is 3.59. The van der Waals surface area contributed by atoms with Crippen molar-refractivity contribution in [2.45, 2.75) is 12.0 Å². The molecule has 4 N–H and O–H groups in total. The number of benzene rings is 1. The van der Waals surface area contributed by atoms with Gasteiger partial charge in [-0.15, -0.1) is 0 Å². The van der Waals surface area contributed by atoms with Gasteiger partial charge < -0.3 is 20.4 Å². The number of hydrogen-bond acceptors (Lipinski definition) is 7. The van der Waals surface area contributed by atoms with Crippen molar-refractivity contribution in [2.24, 2.45) is 0 Å². The molecule has 33 heavy (non-hydrogen) atoms. The number of nitrogens with zero attached hydrogens (tertiary/aromatic N) is 3. The number of ether oxygens (including phenoxy) is 1. The summed E-state index contributed by atoms with van der Waals surface area (Å²) in [5, 5.41) is 20.1. The molecule has 0 spiro atoms. The van der Waals surface area contributed by atoms with Crippen molar-refractivity contribution in [1.29, 1.82) is 5.41 Å². The Bertz CT molecular complexity index is 1480. The number of pyridine rings is 1. The van der Waals surface area contributed by atoms with Gasteiger partial charge in [0.15, 0.2) is 0 Å². The van der Waals surface area contributed by atoms with Crippen molar-refractivity contribution in [3.8, 4) is 11.4 Å². The van der Waals surface area contributed by atoms with Crippen molar-refractivity contribution in [1.82, 2.24) is 25.1 Å².